The summed E-state index contributed by atoms with van der Waals surface area (Å²) in [6.07, 6.45) is 8.90. The lowest BCUT2D eigenvalue weighted by molar-refractivity contribution is 0.0395. The van der Waals surface area contributed by atoms with Gasteiger partial charge in [-0.05, 0) is 32.1 Å². The van der Waals surface area contributed by atoms with Gasteiger partial charge >= 0.3 is 0 Å². The van der Waals surface area contributed by atoms with Crippen molar-refractivity contribution in [1.29, 1.82) is 0 Å². The Labute approximate surface area is 152 Å². The van der Waals surface area contributed by atoms with E-state index < -0.39 is 0 Å². The van der Waals surface area contributed by atoms with Crippen LogP contribution in [0.1, 0.15) is 62.7 Å². The van der Waals surface area contributed by atoms with Crippen LogP contribution in [0.2, 0.25) is 0 Å². The van der Waals surface area contributed by atoms with Crippen molar-refractivity contribution in [3.63, 3.8) is 0 Å². The van der Waals surface area contributed by atoms with Crippen molar-refractivity contribution in [2.45, 2.75) is 71.4 Å². The molecule has 0 bridgehead atoms. The maximum absolute atomic E-state index is 9.53. The second-order valence-electron chi connectivity index (χ2n) is 8.01. The highest BCUT2D eigenvalue weighted by Gasteiger charge is 2.29. The van der Waals surface area contributed by atoms with Gasteiger partial charge in [0.2, 0.25) is 0 Å². The zero-order valence-electron chi connectivity index (χ0n) is 16.1. The van der Waals surface area contributed by atoms with E-state index in [1.165, 1.54) is 50.0 Å². The molecule has 0 radical (unpaired) electrons. The van der Waals surface area contributed by atoms with Gasteiger partial charge < -0.3 is 10.1 Å². The smallest absolute Gasteiger partial charge is 0.106 e. The fourth-order valence-electron chi connectivity index (χ4n) is 4.56. The summed E-state index contributed by atoms with van der Waals surface area (Å²) in [6, 6.07) is 0.491. The molecule has 2 N–H and O–H groups in total. The standard InChI is InChI=1S/C20H36N4O/c1-3-20-21-16(2)19(22-20)15-23-10-11-24(18(14-23)9-12-25)13-17-7-5-4-6-8-17/h17-18,25H,3-15H2,1-2H3,(H,21,22). The number of rotatable bonds is 7. The summed E-state index contributed by atoms with van der Waals surface area (Å²) in [5.41, 5.74) is 2.40. The van der Waals surface area contributed by atoms with E-state index in [1.54, 1.807) is 0 Å². The van der Waals surface area contributed by atoms with Crippen LogP contribution in [0.3, 0.4) is 0 Å². The third-order valence-corrected chi connectivity index (χ3v) is 6.11. The Kier molecular flexibility index (Phi) is 6.91. The van der Waals surface area contributed by atoms with Crippen LogP contribution in [0.5, 0.6) is 0 Å². The molecule has 142 valence electrons. The molecule has 1 atom stereocenters. The maximum Gasteiger partial charge on any atom is 0.106 e. The summed E-state index contributed by atoms with van der Waals surface area (Å²) in [5.74, 6) is 1.97. The number of H-pyrrole nitrogens is 1. The maximum atomic E-state index is 9.53. The molecule has 5 nitrogen and oxygen atoms in total. The molecule has 25 heavy (non-hydrogen) atoms. The molecule has 5 heteroatoms. The Hall–Kier alpha value is -0.910. The van der Waals surface area contributed by atoms with E-state index in [4.69, 9.17) is 4.98 Å². The lowest BCUT2D eigenvalue weighted by Gasteiger charge is -2.43. The van der Waals surface area contributed by atoms with Gasteiger partial charge in [-0.15, -0.1) is 0 Å². The Bertz CT molecular complexity index is 524. The number of hydrogen-bond acceptors (Lipinski definition) is 4. The van der Waals surface area contributed by atoms with Crippen LogP contribution >= 0.6 is 0 Å². The lowest BCUT2D eigenvalue weighted by Crippen LogP contribution is -2.54. The summed E-state index contributed by atoms with van der Waals surface area (Å²) in [6.45, 7) is 10.0. The van der Waals surface area contributed by atoms with E-state index >= 15 is 0 Å². The van der Waals surface area contributed by atoms with Crippen LogP contribution < -0.4 is 0 Å². The Morgan fingerprint density at radius 1 is 1.20 bits per heavy atom. The molecule has 1 saturated heterocycles. The summed E-state index contributed by atoms with van der Waals surface area (Å²) in [7, 11) is 0. The topological polar surface area (TPSA) is 55.4 Å². The molecule has 0 amide bonds. The Morgan fingerprint density at radius 2 is 2.00 bits per heavy atom. The lowest BCUT2D eigenvalue weighted by atomic mass is 9.88. The molecule has 2 fully saturated rings. The van der Waals surface area contributed by atoms with Crippen molar-refractivity contribution >= 4 is 0 Å². The number of hydrogen-bond donors (Lipinski definition) is 2. The highest BCUT2D eigenvalue weighted by Crippen LogP contribution is 2.26. The fraction of sp³-hybridized carbons (Fsp3) is 0.850. The first-order valence-electron chi connectivity index (χ1n) is 10.3. The first-order valence-corrected chi connectivity index (χ1v) is 10.3. The van der Waals surface area contributed by atoms with E-state index in [0.29, 0.717) is 12.6 Å². The van der Waals surface area contributed by atoms with E-state index in [0.717, 1.165) is 50.8 Å². The highest BCUT2D eigenvalue weighted by atomic mass is 16.3. The van der Waals surface area contributed by atoms with Crippen molar-refractivity contribution in [2.24, 2.45) is 5.92 Å². The molecule has 1 aromatic rings. The third kappa shape index (κ3) is 5.05. The van der Waals surface area contributed by atoms with Crippen LogP contribution in [0, 0.1) is 12.8 Å². The van der Waals surface area contributed by atoms with E-state index in [9.17, 15) is 5.11 Å². The van der Waals surface area contributed by atoms with Gasteiger partial charge in [0, 0.05) is 57.5 Å². The van der Waals surface area contributed by atoms with Crippen LogP contribution in [0.15, 0.2) is 0 Å². The quantitative estimate of drug-likeness (QED) is 0.795. The fourth-order valence-corrected chi connectivity index (χ4v) is 4.56. The number of aromatic nitrogens is 2. The summed E-state index contributed by atoms with van der Waals surface area (Å²) >= 11 is 0. The van der Waals surface area contributed by atoms with Crippen molar-refractivity contribution in [1.82, 2.24) is 19.8 Å². The monoisotopic (exact) mass is 348 g/mol. The molecule has 2 heterocycles. The largest absolute Gasteiger partial charge is 0.396 e. The first-order chi connectivity index (χ1) is 12.2. The minimum atomic E-state index is 0.293. The Balaban J connectivity index is 1.57. The SMILES string of the molecule is CCc1nc(CN2CCN(CC3CCCCC3)C(CCO)C2)c(C)[nH]1. The van der Waals surface area contributed by atoms with Gasteiger partial charge in [-0.2, -0.15) is 0 Å². The van der Waals surface area contributed by atoms with Crippen LogP contribution in [0.4, 0.5) is 0 Å². The third-order valence-electron chi connectivity index (χ3n) is 6.11. The van der Waals surface area contributed by atoms with Crippen LogP contribution in [0.25, 0.3) is 0 Å². The number of aryl methyl sites for hydroxylation is 2. The molecule has 1 aromatic heterocycles. The minimum absolute atomic E-state index is 0.293. The molecule has 3 rings (SSSR count). The number of imidazole rings is 1. The van der Waals surface area contributed by atoms with Crippen molar-refractivity contribution in [2.75, 3.05) is 32.8 Å². The first kappa shape index (κ1) is 18.9. The summed E-state index contributed by atoms with van der Waals surface area (Å²) < 4.78 is 0. The van der Waals surface area contributed by atoms with Gasteiger partial charge in [-0.1, -0.05) is 26.2 Å². The number of nitrogens with one attached hydrogen (secondary N) is 1. The van der Waals surface area contributed by atoms with Gasteiger partial charge in [0.15, 0.2) is 0 Å². The molecule has 1 saturated carbocycles. The average Bonchev–Trinajstić information content (AvgIpc) is 2.98. The number of nitrogens with zero attached hydrogens (tertiary/aromatic N) is 3. The second-order valence-corrected chi connectivity index (χ2v) is 8.01. The van der Waals surface area contributed by atoms with E-state index in [1.807, 2.05) is 0 Å². The van der Waals surface area contributed by atoms with Crippen LogP contribution in [-0.2, 0) is 13.0 Å². The molecule has 0 spiro atoms. The highest BCUT2D eigenvalue weighted by molar-refractivity contribution is 5.13. The predicted octanol–water partition coefficient (Wildman–Crippen LogP) is 2.73. The minimum Gasteiger partial charge on any atom is -0.396 e. The number of aliphatic hydroxyl groups excluding tert-OH is 1. The normalized spacial score (nSPS) is 24.0. The molecule has 0 aromatic carbocycles. The van der Waals surface area contributed by atoms with Gasteiger partial charge in [0.25, 0.3) is 0 Å². The number of aliphatic hydroxyl groups is 1. The van der Waals surface area contributed by atoms with Crippen molar-refractivity contribution in [3.8, 4) is 0 Å². The number of aromatic amines is 1. The van der Waals surface area contributed by atoms with Crippen LogP contribution in [-0.4, -0.2) is 63.7 Å². The molecule has 1 aliphatic heterocycles. The van der Waals surface area contributed by atoms with Gasteiger partial charge in [0.1, 0.15) is 5.82 Å². The zero-order valence-corrected chi connectivity index (χ0v) is 16.1. The molecular formula is C20H36N4O. The summed E-state index contributed by atoms with van der Waals surface area (Å²) in [4.78, 5) is 13.3. The Morgan fingerprint density at radius 3 is 2.68 bits per heavy atom. The molecule has 2 aliphatic rings. The van der Waals surface area contributed by atoms with Crippen molar-refractivity contribution < 1.29 is 5.11 Å². The average molecular weight is 349 g/mol. The van der Waals surface area contributed by atoms with Gasteiger partial charge in [0.05, 0.1) is 5.69 Å². The second kappa shape index (κ2) is 9.15. The molecular weight excluding hydrogens is 312 g/mol. The number of piperazine rings is 1. The predicted molar refractivity (Wildman–Crippen MR) is 102 cm³/mol. The van der Waals surface area contributed by atoms with Crippen molar-refractivity contribution in [3.05, 3.63) is 17.2 Å². The molecule has 1 unspecified atom stereocenters. The van der Waals surface area contributed by atoms with Gasteiger partial charge in [-0.25, -0.2) is 4.98 Å². The zero-order chi connectivity index (χ0) is 17.6. The molecule has 1 aliphatic carbocycles. The summed E-state index contributed by atoms with van der Waals surface area (Å²) in [5, 5.41) is 9.53. The van der Waals surface area contributed by atoms with E-state index in [2.05, 4.69) is 28.6 Å². The van der Waals surface area contributed by atoms with Gasteiger partial charge in [-0.3, -0.25) is 9.80 Å². The van der Waals surface area contributed by atoms with E-state index in [-0.39, 0.29) is 0 Å².